The van der Waals surface area contributed by atoms with Crippen molar-refractivity contribution in [2.24, 2.45) is 0 Å². The lowest BCUT2D eigenvalue weighted by atomic mass is 10.1. The molecular formula is C25H21NO5. The molecule has 1 aromatic heterocycles. The predicted octanol–water partition coefficient (Wildman–Crippen LogP) is 4.58. The normalized spacial score (nSPS) is 13.0. The van der Waals surface area contributed by atoms with Crippen LogP contribution < -0.4 is 15.1 Å². The highest BCUT2D eigenvalue weighted by Crippen LogP contribution is 2.30. The summed E-state index contributed by atoms with van der Waals surface area (Å²) in [6.45, 7) is 2.65. The number of fused-ring (bicyclic) bond motifs is 3. The van der Waals surface area contributed by atoms with Crippen LogP contribution in [-0.4, -0.2) is 12.6 Å². The van der Waals surface area contributed by atoms with Gasteiger partial charge < -0.3 is 13.9 Å². The Balaban J connectivity index is 1.54. The Bertz CT molecular complexity index is 1260. The third-order valence-electron chi connectivity index (χ3n) is 5.16. The quantitative estimate of drug-likeness (QED) is 0.192. The van der Waals surface area contributed by atoms with Gasteiger partial charge in [0.2, 0.25) is 0 Å². The van der Waals surface area contributed by atoms with Crippen molar-refractivity contribution in [3.8, 4) is 17.6 Å². The summed E-state index contributed by atoms with van der Waals surface area (Å²) < 4.78 is 16.3. The number of carbonyl (C=O) groups excluding carboxylic acids is 1. The highest BCUT2D eigenvalue weighted by atomic mass is 16.5. The molecule has 0 aliphatic heterocycles. The first-order valence-electron chi connectivity index (χ1n) is 10.2. The topological polar surface area (TPSA) is 89.5 Å². The molecule has 0 N–H and O–H groups in total. The smallest absolute Gasteiger partial charge is 0.354 e. The summed E-state index contributed by atoms with van der Waals surface area (Å²) >= 11 is 0. The molecule has 0 radical (unpaired) electrons. The van der Waals surface area contributed by atoms with Crippen molar-refractivity contribution in [3.05, 3.63) is 75.1 Å². The number of rotatable bonds is 6. The average molecular weight is 415 g/mol. The van der Waals surface area contributed by atoms with Gasteiger partial charge in [0.05, 0.1) is 6.61 Å². The minimum Gasteiger partial charge on any atom is -0.494 e. The zero-order chi connectivity index (χ0) is 21.8. The van der Waals surface area contributed by atoms with E-state index in [-0.39, 0.29) is 16.9 Å². The Kier molecular flexibility index (Phi) is 5.85. The molecule has 0 fully saturated rings. The summed E-state index contributed by atoms with van der Waals surface area (Å²) in [5, 5.41) is 10.3. The Morgan fingerprint density at radius 1 is 1.13 bits per heavy atom. The standard InChI is InChI=1S/C25H21NO5/c1-2-12-29-18-8-6-16(7-9-18)13-17(15-26)24(27)30-19-10-11-21-20-4-3-5-22(20)25(28)31-23(21)14-19/h6-11,13-14H,2-5,12H2,1H3/b17-13+. The minimum absolute atomic E-state index is 0.141. The second-order valence-electron chi connectivity index (χ2n) is 7.33. The fourth-order valence-electron chi connectivity index (χ4n) is 3.67. The van der Waals surface area contributed by atoms with Crippen molar-refractivity contribution in [2.45, 2.75) is 32.6 Å². The molecule has 0 atom stereocenters. The minimum atomic E-state index is -0.781. The van der Waals surface area contributed by atoms with Gasteiger partial charge in [-0.15, -0.1) is 0 Å². The van der Waals surface area contributed by atoms with Gasteiger partial charge in [-0.05, 0) is 67.2 Å². The van der Waals surface area contributed by atoms with E-state index >= 15 is 0 Å². The van der Waals surface area contributed by atoms with Crippen LogP contribution in [0.5, 0.6) is 11.5 Å². The van der Waals surface area contributed by atoms with E-state index in [2.05, 4.69) is 0 Å². The molecule has 0 unspecified atom stereocenters. The van der Waals surface area contributed by atoms with Crippen molar-refractivity contribution in [1.29, 1.82) is 5.26 Å². The summed E-state index contributed by atoms with van der Waals surface area (Å²) in [5.74, 6) is 0.156. The van der Waals surface area contributed by atoms with E-state index < -0.39 is 5.97 Å². The van der Waals surface area contributed by atoms with Gasteiger partial charge in [0, 0.05) is 17.0 Å². The SMILES string of the molecule is CCCOc1ccc(/C=C(\C#N)C(=O)Oc2ccc3c4c(c(=O)oc3c2)CCC4)cc1. The zero-order valence-corrected chi connectivity index (χ0v) is 17.1. The number of hydrogen-bond donors (Lipinski definition) is 0. The number of benzene rings is 2. The number of esters is 1. The Morgan fingerprint density at radius 2 is 1.87 bits per heavy atom. The first kappa shape index (κ1) is 20.4. The Morgan fingerprint density at radius 3 is 2.61 bits per heavy atom. The molecule has 4 rings (SSSR count). The molecule has 2 aromatic carbocycles. The predicted molar refractivity (Wildman–Crippen MR) is 116 cm³/mol. The molecule has 0 amide bonds. The highest BCUT2D eigenvalue weighted by Gasteiger charge is 2.20. The Hall–Kier alpha value is -3.85. The second kappa shape index (κ2) is 8.88. The van der Waals surface area contributed by atoms with E-state index in [1.807, 2.05) is 13.0 Å². The lowest BCUT2D eigenvalue weighted by Gasteiger charge is -2.07. The van der Waals surface area contributed by atoms with Crippen molar-refractivity contribution < 1.29 is 18.7 Å². The fraction of sp³-hybridized carbons (Fsp3) is 0.240. The van der Waals surface area contributed by atoms with E-state index in [9.17, 15) is 14.9 Å². The second-order valence-corrected chi connectivity index (χ2v) is 7.33. The Labute approximate surface area is 179 Å². The van der Waals surface area contributed by atoms with Gasteiger partial charge in [0.1, 0.15) is 28.7 Å². The molecule has 0 bridgehead atoms. The molecule has 6 heteroatoms. The first-order chi connectivity index (χ1) is 15.1. The monoisotopic (exact) mass is 415 g/mol. The molecule has 1 aliphatic rings. The molecule has 1 aliphatic carbocycles. The number of ether oxygens (including phenoxy) is 2. The van der Waals surface area contributed by atoms with Crippen LogP contribution in [0.3, 0.4) is 0 Å². The maximum absolute atomic E-state index is 12.5. The van der Waals surface area contributed by atoms with Crippen LogP contribution in [0.25, 0.3) is 17.0 Å². The average Bonchev–Trinajstić information content (AvgIpc) is 3.27. The molecule has 31 heavy (non-hydrogen) atoms. The van der Waals surface area contributed by atoms with E-state index in [1.165, 1.54) is 12.1 Å². The first-order valence-corrected chi connectivity index (χ1v) is 10.2. The van der Waals surface area contributed by atoms with Gasteiger partial charge >= 0.3 is 11.6 Å². The van der Waals surface area contributed by atoms with Crippen LogP contribution in [0, 0.1) is 11.3 Å². The van der Waals surface area contributed by atoms with Crippen molar-refractivity contribution >= 4 is 23.0 Å². The van der Waals surface area contributed by atoms with E-state index in [0.717, 1.165) is 47.9 Å². The fourth-order valence-corrected chi connectivity index (χ4v) is 3.67. The van der Waals surface area contributed by atoms with Crippen LogP contribution >= 0.6 is 0 Å². The van der Waals surface area contributed by atoms with E-state index in [1.54, 1.807) is 36.4 Å². The number of nitrogens with zero attached hydrogens (tertiary/aromatic N) is 1. The molecule has 1 heterocycles. The van der Waals surface area contributed by atoms with Gasteiger partial charge in [0.25, 0.3) is 0 Å². The number of nitriles is 1. The third kappa shape index (κ3) is 4.36. The summed E-state index contributed by atoms with van der Waals surface area (Å²) in [7, 11) is 0. The molecule has 0 spiro atoms. The van der Waals surface area contributed by atoms with E-state index in [0.29, 0.717) is 17.8 Å². The van der Waals surface area contributed by atoms with Gasteiger partial charge in [-0.3, -0.25) is 0 Å². The largest absolute Gasteiger partial charge is 0.494 e. The summed E-state index contributed by atoms with van der Waals surface area (Å²) in [5.41, 5.74) is 2.31. The summed E-state index contributed by atoms with van der Waals surface area (Å²) in [6.07, 6.45) is 4.86. The van der Waals surface area contributed by atoms with Crippen LogP contribution in [-0.2, 0) is 17.6 Å². The molecule has 6 nitrogen and oxygen atoms in total. The number of carbonyl (C=O) groups is 1. The van der Waals surface area contributed by atoms with Crippen molar-refractivity contribution in [3.63, 3.8) is 0 Å². The lowest BCUT2D eigenvalue weighted by Crippen LogP contribution is -2.10. The van der Waals surface area contributed by atoms with Crippen LogP contribution in [0.2, 0.25) is 0 Å². The van der Waals surface area contributed by atoms with Gasteiger partial charge in [-0.2, -0.15) is 5.26 Å². The van der Waals surface area contributed by atoms with Crippen LogP contribution in [0.4, 0.5) is 0 Å². The third-order valence-corrected chi connectivity index (χ3v) is 5.16. The van der Waals surface area contributed by atoms with Crippen molar-refractivity contribution in [2.75, 3.05) is 6.61 Å². The number of hydrogen-bond acceptors (Lipinski definition) is 6. The molecule has 3 aromatic rings. The highest BCUT2D eigenvalue weighted by molar-refractivity contribution is 5.99. The number of aryl methyl sites for hydroxylation is 1. The van der Waals surface area contributed by atoms with Gasteiger partial charge in [-0.25, -0.2) is 9.59 Å². The van der Waals surface area contributed by atoms with Crippen LogP contribution in [0.1, 0.15) is 36.5 Å². The molecular weight excluding hydrogens is 394 g/mol. The van der Waals surface area contributed by atoms with Crippen molar-refractivity contribution in [1.82, 2.24) is 0 Å². The molecule has 156 valence electrons. The van der Waals surface area contributed by atoms with Gasteiger partial charge in [-0.1, -0.05) is 19.1 Å². The van der Waals surface area contributed by atoms with Crippen LogP contribution in [0.15, 0.2) is 57.2 Å². The molecule has 0 saturated carbocycles. The lowest BCUT2D eigenvalue weighted by molar-refractivity contribution is -0.129. The zero-order valence-electron chi connectivity index (χ0n) is 17.1. The maximum atomic E-state index is 12.5. The summed E-state index contributed by atoms with van der Waals surface area (Å²) in [6, 6.07) is 13.9. The summed E-state index contributed by atoms with van der Waals surface area (Å²) in [4.78, 5) is 24.7. The van der Waals surface area contributed by atoms with Gasteiger partial charge in [0.15, 0.2) is 0 Å². The maximum Gasteiger partial charge on any atom is 0.354 e. The molecule has 0 saturated heterocycles. The van der Waals surface area contributed by atoms with E-state index in [4.69, 9.17) is 13.9 Å².